The first kappa shape index (κ1) is 13.7. The molecule has 0 saturated heterocycles. The van der Waals surface area contributed by atoms with Crippen LogP contribution in [0.15, 0.2) is 18.2 Å². The number of benzene rings is 1. The van der Waals surface area contributed by atoms with E-state index >= 15 is 0 Å². The van der Waals surface area contributed by atoms with E-state index in [0.29, 0.717) is 6.04 Å². The Morgan fingerprint density at radius 3 is 2.80 bits per heavy atom. The average molecular weight is 275 g/mol. The maximum absolute atomic E-state index is 5.88. The number of nitrogens with one attached hydrogen (secondary N) is 1. The van der Waals surface area contributed by atoms with Crippen LogP contribution in [0.3, 0.4) is 0 Å². The van der Waals surface area contributed by atoms with Crippen LogP contribution in [0.4, 0.5) is 0 Å². The van der Waals surface area contributed by atoms with Crippen molar-refractivity contribution in [3.8, 4) is 11.5 Å². The van der Waals surface area contributed by atoms with E-state index < -0.39 is 0 Å². The summed E-state index contributed by atoms with van der Waals surface area (Å²) < 4.78 is 11.6. The van der Waals surface area contributed by atoms with Gasteiger partial charge in [0.15, 0.2) is 11.5 Å². The molecular weight excluding hydrogens is 250 g/mol. The van der Waals surface area contributed by atoms with Crippen LogP contribution in [-0.2, 0) is 6.54 Å². The second-order valence-electron chi connectivity index (χ2n) is 6.20. The van der Waals surface area contributed by atoms with E-state index in [2.05, 4.69) is 31.3 Å². The molecule has 1 saturated carbocycles. The Morgan fingerprint density at radius 2 is 2.00 bits per heavy atom. The van der Waals surface area contributed by atoms with Crippen LogP contribution in [0.1, 0.15) is 38.7 Å². The first-order valence-electron chi connectivity index (χ1n) is 7.86. The molecule has 1 aliphatic carbocycles. The smallest absolute Gasteiger partial charge is 0.165 e. The van der Waals surface area contributed by atoms with E-state index in [1.807, 2.05) is 6.07 Å². The van der Waals surface area contributed by atoms with E-state index in [1.165, 1.54) is 18.4 Å². The second-order valence-corrected chi connectivity index (χ2v) is 6.20. The molecular formula is C17H25NO2. The molecule has 1 N–H and O–H groups in total. The molecule has 1 aliphatic heterocycles. The Hall–Kier alpha value is -1.22. The van der Waals surface area contributed by atoms with Crippen LogP contribution in [-0.4, -0.2) is 19.3 Å². The lowest BCUT2D eigenvalue weighted by molar-refractivity contribution is 0.295. The third-order valence-corrected chi connectivity index (χ3v) is 4.87. The van der Waals surface area contributed by atoms with Gasteiger partial charge in [-0.2, -0.15) is 0 Å². The number of hydrogen-bond donors (Lipinski definition) is 1. The zero-order chi connectivity index (χ0) is 13.9. The highest BCUT2D eigenvalue weighted by Crippen LogP contribution is 2.35. The van der Waals surface area contributed by atoms with Gasteiger partial charge in [0.1, 0.15) is 0 Å². The van der Waals surface area contributed by atoms with E-state index in [1.54, 1.807) is 0 Å². The highest BCUT2D eigenvalue weighted by molar-refractivity contribution is 5.47. The predicted octanol–water partition coefficient (Wildman–Crippen LogP) is 3.37. The summed E-state index contributed by atoms with van der Waals surface area (Å²) >= 11 is 0. The summed E-state index contributed by atoms with van der Waals surface area (Å²) in [6, 6.07) is 6.84. The van der Waals surface area contributed by atoms with E-state index in [4.69, 9.17) is 9.47 Å². The fraction of sp³-hybridized carbons (Fsp3) is 0.647. The topological polar surface area (TPSA) is 30.5 Å². The Kier molecular flexibility index (Phi) is 4.16. The Morgan fingerprint density at radius 1 is 1.15 bits per heavy atom. The maximum Gasteiger partial charge on any atom is 0.165 e. The minimum Gasteiger partial charge on any atom is -0.490 e. The highest BCUT2D eigenvalue weighted by Gasteiger charge is 2.29. The van der Waals surface area contributed by atoms with Crippen molar-refractivity contribution in [3.05, 3.63) is 23.8 Å². The molecule has 3 unspecified atom stereocenters. The zero-order valence-corrected chi connectivity index (χ0v) is 12.5. The summed E-state index contributed by atoms with van der Waals surface area (Å²) in [4.78, 5) is 0. The number of hydrogen-bond acceptors (Lipinski definition) is 3. The molecule has 1 heterocycles. The van der Waals surface area contributed by atoms with Gasteiger partial charge in [0.05, 0.1) is 13.2 Å². The predicted molar refractivity (Wildman–Crippen MR) is 80.2 cm³/mol. The second kappa shape index (κ2) is 6.04. The molecule has 20 heavy (non-hydrogen) atoms. The van der Waals surface area contributed by atoms with Crippen molar-refractivity contribution in [2.24, 2.45) is 11.8 Å². The Bertz CT molecular complexity index is 460. The molecule has 0 spiro atoms. The molecule has 1 aromatic carbocycles. The van der Waals surface area contributed by atoms with Gasteiger partial charge in [-0.1, -0.05) is 26.0 Å². The zero-order valence-electron chi connectivity index (χ0n) is 12.5. The molecule has 3 nitrogen and oxygen atoms in total. The standard InChI is InChI=1S/C17H25NO2/c1-12-7-8-15(13(12)2)18-11-14-5-3-6-16-17(14)20-10-4-9-19-16/h3,5-6,12-13,15,18H,4,7-11H2,1-2H3. The molecule has 3 heteroatoms. The van der Waals surface area contributed by atoms with Crippen molar-refractivity contribution in [2.45, 2.75) is 45.7 Å². The number of rotatable bonds is 3. The van der Waals surface area contributed by atoms with Crippen molar-refractivity contribution in [1.29, 1.82) is 0 Å². The van der Waals surface area contributed by atoms with Gasteiger partial charge < -0.3 is 14.8 Å². The number of para-hydroxylation sites is 1. The average Bonchev–Trinajstić information content (AvgIpc) is 2.69. The molecule has 1 aromatic rings. The molecule has 0 bridgehead atoms. The van der Waals surface area contributed by atoms with E-state index in [0.717, 1.165) is 49.5 Å². The lowest BCUT2D eigenvalue weighted by Gasteiger charge is -2.21. The van der Waals surface area contributed by atoms with Crippen molar-refractivity contribution in [3.63, 3.8) is 0 Å². The van der Waals surface area contributed by atoms with Crippen molar-refractivity contribution in [1.82, 2.24) is 5.32 Å². The van der Waals surface area contributed by atoms with E-state index in [-0.39, 0.29) is 0 Å². The normalized spacial score (nSPS) is 29.2. The van der Waals surface area contributed by atoms with Gasteiger partial charge in [-0.25, -0.2) is 0 Å². The van der Waals surface area contributed by atoms with Crippen LogP contribution in [0.2, 0.25) is 0 Å². The van der Waals surface area contributed by atoms with Crippen molar-refractivity contribution >= 4 is 0 Å². The third-order valence-electron chi connectivity index (χ3n) is 4.87. The van der Waals surface area contributed by atoms with Crippen molar-refractivity contribution in [2.75, 3.05) is 13.2 Å². The SMILES string of the molecule is CC1CCC(NCc2cccc3c2OCCCO3)C1C. The summed E-state index contributed by atoms with van der Waals surface area (Å²) in [5.41, 5.74) is 1.22. The molecule has 3 atom stereocenters. The van der Waals surface area contributed by atoms with Gasteiger partial charge in [-0.3, -0.25) is 0 Å². The largest absolute Gasteiger partial charge is 0.490 e. The van der Waals surface area contributed by atoms with Gasteiger partial charge in [0.25, 0.3) is 0 Å². The molecule has 3 rings (SSSR count). The van der Waals surface area contributed by atoms with Gasteiger partial charge in [-0.15, -0.1) is 0 Å². The van der Waals surface area contributed by atoms with Gasteiger partial charge in [-0.05, 0) is 30.7 Å². The van der Waals surface area contributed by atoms with Crippen LogP contribution in [0, 0.1) is 11.8 Å². The Labute approximate surface area is 121 Å². The fourth-order valence-corrected chi connectivity index (χ4v) is 3.29. The minimum atomic E-state index is 0.632. The van der Waals surface area contributed by atoms with Gasteiger partial charge >= 0.3 is 0 Å². The van der Waals surface area contributed by atoms with Crippen LogP contribution < -0.4 is 14.8 Å². The van der Waals surface area contributed by atoms with E-state index in [9.17, 15) is 0 Å². The summed E-state index contributed by atoms with van der Waals surface area (Å²) in [5.74, 6) is 3.43. The molecule has 1 fully saturated rings. The lowest BCUT2D eigenvalue weighted by atomic mass is 9.97. The third kappa shape index (κ3) is 2.78. The molecule has 0 amide bonds. The van der Waals surface area contributed by atoms with Gasteiger partial charge in [0.2, 0.25) is 0 Å². The summed E-state index contributed by atoms with van der Waals surface area (Å²) in [6.45, 7) is 7.09. The molecule has 0 aromatic heterocycles. The summed E-state index contributed by atoms with van der Waals surface area (Å²) in [5, 5.41) is 3.71. The van der Waals surface area contributed by atoms with Crippen molar-refractivity contribution < 1.29 is 9.47 Å². The maximum atomic E-state index is 5.88. The Balaban J connectivity index is 1.69. The van der Waals surface area contributed by atoms with Gasteiger partial charge in [0, 0.05) is 24.6 Å². The first-order valence-corrected chi connectivity index (χ1v) is 7.86. The number of ether oxygens (including phenoxy) is 2. The first-order chi connectivity index (χ1) is 9.75. The monoisotopic (exact) mass is 275 g/mol. The summed E-state index contributed by atoms with van der Waals surface area (Å²) in [6.07, 6.45) is 3.58. The fourth-order valence-electron chi connectivity index (χ4n) is 3.29. The van der Waals surface area contributed by atoms with Crippen LogP contribution in [0.25, 0.3) is 0 Å². The molecule has 110 valence electrons. The lowest BCUT2D eigenvalue weighted by Crippen LogP contribution is -2.32. The molecule has 0 radical (unpaired) electrons. The summed E-state index contributed by atoms with van der Waals surface area (Å²) in [7, 11) is 0. The highest BCUT2D eigenvalue weighted by atomic mass is 16.5. The minimum absolute atomic E-state index is 0.632. The van der Waals surface area contributed by atoms with Crippen LogP contribution >= 0.6 is 0 Å². The van der Waals surface area contributed by atoms with Crippen LogP contribution in [0.5, 0.6) is 11.5 Å². The number of fused-ring (bicyclic) bond motifs is 1. The molecule has 2 aliphatic rings. The quantitative estimate of drug-likeness (QED) is 0.917.